The van der Waals surface area contributed by atoms with Gasteiger partial charge in [-0.25, -0.2) is 4.79 Å². The van der Waals surface area contributed by atoms with Crippen LogP contribution in [-0.2, 0) is 11.3 Å². The number of hydrogen-bond acceptors (Lipinski definition) is 4. The van der Waals surface area contributed by atoms with Gasteiger partial charge < -0.3 is 15.4 Å². The fraction of sp³-hybridized carbons (Fsp3) is 0.667. The third-order valence-electron chi connectivity index (χ3n) is 2.77. The summed E-state index contributed by atoms with van der Waals surface area (Å²) in [7, 11) is 0. The SMILES string of the molecule is CCCC(CNC(=O)OC(C)(C)C)NCc1sccc1Br. The van der Waals surface area contributed by atoms with E-state index >= 15 is 0 Å². The molecule has 1 heterocycles. The lowest BCUT2D eigenvalue weighted by Gasteiger charge is -2.22. The maximum atomic E-state index is 11.7. The van der Waals surface area contributed by atoms with Crippen LogP contribution in [0.1, 0.15) is 45.4 Å². The predicted molar refractivity (Wildman–Crippen MR) is 91.8 cm³/mol. The average Bonchev–Trinajstić information content (AvgIpc) is 2.76. The lowest BCUT2D eigenvalue weighted by atomic mass is 10.1. The predicted octanol–water partition coefficient (Wildman–Crippen LogP) is 4.29. The van der Waals surface area contributed by atoms with Crippen molar-refractivity contribution in [3.63, 3.8) is 0 Å². The summed E-state index contributed by atoms with van der Waals surface area (Å²) < 4.78 is 6.39. The summed E-state index contributed by atoms with van der Waals surface area (Å²) in [5.74, 6) is 0. The standard InChI is InChI=1S/C15H25BrN2O2S/c1-5-6-11(9-18-14(19)20-15(2,3)4)17-10-13-12(16)7-8-21-13/h7-8,11,17H,5-6,9-10H2,1-4H3,(H,18,19). The smallest absolute Gasteiger partial charge is 0.407 e. The van der Waals surface area contributed by atoms with Gasteiger partial charge in [-0.2, -0.15) is 0 Å². The number of halogens is 1. The number of carbonyl (C=O) groups is 1. The first-order valence-corrected chi connectivity index (χ1v) is 8.91. The minimum Gasteiger partial charge on any atom is -0.444 e. The number of amides is 1. The Kier molecular flexibility index (Phi) is 7.70. The molecule has 1 aromatic rings. The van der Waals surface area contributed by atoms with Crippen molar-refractivity contribution in [3.8, 4) is 0 Å². The third kappa shape index (κ3) is 7.83. The minimum atomic E-state index is -0.459. The van der Waals surface area contributed by atoms with E-state index in [1.165, 1.54) is 4.88 Å². The Bertz CT molecular complexity index is 443. The van der Waals surface area contributed by atoms with Gasteiger partial charge in [-0.3, -0.25) is 0 Å². The van der Waals surface area contributed by atoms with Gasteiger partial charge in [0.1, 0.15) is 5.60 Å². The zero-order valence-corrected chi connectivity index (χ0v) is 15.6. The van der Waals surface area contributed by atoms with Crippen molar-refractivity contribution < 1.29 is 9.53 Å². The van der Waals surface area contributed by atoms with Crippen molar-refractivity contribution in [1.29, 1.82) is 0 Å². The van der Waals surface area contributed by atoms with Crippen LogP contribution in [0.5, 0.6) is 0 Å². The van der Waals surface area contributed by atoms with Crippen LogP contribution in [0.3, 0.4) is 0 Å². The van der Waals surface area contributed by atoms with Crippen molar-refractivity contribution in [1.82, 2.24) is 10.6 Å². The monoisotopic (exact) mass is 376 g/mol. The summed E-state index contributed by atoms with van der Waals surface area (Å²) in [4.78, 5) is 13.0. The normalized spacial score (nSPS) is 13.0. The Balaban J connectivity index is 2.39. The van der Waals surface area contributed by atoms with Crippen LogP contribution < -0.4 is 10.6 Å². The van der Waals surface area contributed by atoms with E-state index in [-0.39, 0.29) is 12.1 Å². The molecule has 1 aromatic heterocycles. The quantitative estimate of drug-likeness (QED) is 0.745. The molecule has 0 aliphatic rings. The van der Waals surface area contributed by atoms with E-state index in [1.54, 1.807) is 11.3 Å². The minimum absolute atomic E-state index is 0.247. The molecule has 21 heavy (non-hydrogen) atoms. The molecule has 1 rings (SSSR count). The van der Waals surface area contributed by atoms with Crippen LogP contribution >= 0.6 is 27.3 Å². The molecule has 0 radical (unpaired) electrons. The fourth-order valence-corrected chi connectivity index (χ4v) is 3.28. The number of carbonyl (C=O) groups excluding carboxylic acids is 1. The van der Waals surface area contributed by atoms with E-state index in [9.17, 15) is 4.79 Å². The van der Waals surface area contributed by atoms with Gasteiger partial charge in [0.15, 0.2) is 0 Å². The molecule has 6 heteroatoms. The molecule has 0 bridgehead atoms. The largest absolute Gasteiger partial charge is 0.444 e. The molecule has 0 aliphatic heterocycles. The fourth-order valence-electron chi connectivity index (χ4n) is 1.83. The molecular weight excluding hydrogens is 352 g/mol. The number of nitrogens with one attached hydrogen (secondary N) is 2. The van der Waals surface area contributed by atoms with Crippen molar-refractivity contribution in [2.24, 2.45) is 0 Å². The van der Waals surface area contributed by atoms with Gasteiger partial charge >= 0.3 is 6.09 Å². The van der Waals surface area contributed by atoms with Crippen LogP contribution in [-0.4, -0.2) is 24.3 Å². The van der Waals surface area contributed by atoms with Crippen LogP contribution in [0.15, 0.2) is 15.9 Å². The van der Waals surface area contributed by atoms with Crippen LogP contribution in [0.25, 0.3) is 0 Å². The van der Waals surface area contributed by atoms with Gasteiger partial charge in [-0.1, -0.05) is 13.3 Å². The van der Waals surface area contributed by atoms with Gasteiger partial charge in [0.05, 0.1) is 0 Å². The molecule has 4 nitrogen and oxygen atoms in total. The van der Waals surface area contributed by atoms with Crippen LogP contribution in [0, 0.1) is 0 Å². The molecule has 0 aliphatic carbocycles. The lowest BCUT2D eigenvalue weighted by molar-refractivity contribution is 0.0521. The summed E-state index contributed by atoms with van der Waals surface area (Å²) in [5.41, 5.74) is -0.459. The second-order valence-corrected chi connectivity index (χ2v) is 7.80. The molecule has 0 saturated carbocycles. The average molecular weight is 377 g/mol. The zero-order valence-electron chi connectivity index (χ0n) is 13.2. The molecule has 0 fully saturated rings. The van der Waals surface area contributed by atoms with Gasteiger partial charge in [0, 0.05) is 28.5 Å². The third-order valence-corrected chi connectivity index (χ3v) is 4.70. The van der Waals surface area contributed by atoms with E-state index in [1.807, 2.05) is 20.8 Å². The highest BCUT2D eigenvalue weighted by Crippen LogP contribution is 2.22. The summed E-state index contributed by atoms with van der Waals surface area (Å²) in [6, 6.07) is 2.30. The topological polar surface area (TPSA) is 50.4 Å². The zero-order chi connectivity index (χ0) is 15.9. The van der Waals surface area contributed by atoms with Gasteiger partial charge in [-0.15, -0.1) is 11.3 Å². The maximum absolute atomic E-state index is 11.7. The first-order valence-electron chi connectivity index (χ1n) is 7.24. The van der Waals surface area contributed by atoms with Crippen molar-refractivity contribution in [2.45, 2.75) is 58.7 Å². The van der Waals surface area contributed by atoms with Crippen molar-refractivity contribution in [3.05, 3.63) is 20.8 Å². The van der Waals surface area contributed by atoms with Gasteiger partial charge in [0.2, 0.25) is 0 Å². The molecule has 1 unspecified atom stereocenters. The molecule has 0 spiro atoms. The highest BCUT2D eigenvalue weighted by molar-refractivity contribution is 9.10. The Morgan fingerprint density at radius 1 is 1.48 bits per heavy atom. The summed E-state index contributed by atoms with van der Waals surface area (Å²) in [6.07, 6.45) is 1.72. The van der Waals surface area contributed by atoms with E-state index < -0.39 is 5.60 Å². The van der Waals surface area contributed by atoms with Gasteiger partial charge in [0.25, 0.3) is 0 Å². The molecule has 1 atom stereocenters. The summed E-state index contributed by atoms with van der Waals surface area (Å²) in [6.45, 7) is 9.11. The van der Waals surface area contributed by atoms with Crippen LogP contribution in [0.2, 0.25) is 0 Å². The number of hydrogen-bond donors (Lipinski definition) is 2. The summed E-state index contributed by atoms with van der Waals surface area (Å²) in [5, 5.41) is 8.39. The second-order valence-electron chi connectivity index (χ2n) is 5.94. The maximum Gasteiger partial charge on any atom is 0.407 e. The van der Waals surface area contributed by atoms with Crippen LogP contribution in [0.4, 0.5) is 4.79 Å². The Morgan fingerprint density at radius 2 is 2.19 bits per heavy atom. The Hall–Kier alpha value is -0.590. The number of alkyl carbamates (subject to hydrolysis) is 1. The van der Waals surface area contributed by atoms with Gasteiger partial charge in [-0.05, 0) is 54.6 Å². The molecule has 120 valence electrons. The Labute approximate surface area is 139 Å². The highest BCUT2D eigenvalue weighted by atomic mass is 79.9. The lowest BCUT2D eigenvalue weighted by Crippen LogP contribution is -2.42. The first kappa shape index (κ1) is 18.5. The number of rotatable bonds is 7. The number of thiophene rings is 1. The second kappa shape index (κ2) is 8.76. The molecule has 0 aromatic carbocycles. The number of ether oxygens (including phenoxy) is 1. The van der Waals surface area contributed by atoms with E-state index in [2.05, 4.69) is 44.9 Å². The van der Waals surface area contributed by atoms with E-state index in [0.717, 1.165) is 23.9 Å². The molecule has 0 saturated heterocycles. The highest BCUT2D eigenvalue weighted by Gasteiger charge is 2.17. The van der Waals surface area contributed by atoms with Crippen molar-refractivity contribution >= 4 is 33.4 Å². The van der Waals surface area contributed by atoms with Crippen molar-refractivity contribution in [2.75, 3.05) is 6.54 Å². The summed E-state index contributed by atoms with van der Waals surface area (Å²) >= 11 is 5.25. The molecule has 1 amide bonds. The molecular formula is C15H25BrN2O2S. The van der Waals surface area contributed by atoms with E-state index in [0.29, 0.717) is 6.54 Å². The van der Waals surface area contributed by atoms with E-state index in [4.69, 9.17) is 4.74 Å². The Morgan fingerprint density at radius 3 is 2.71 bits per heavy atom. The first-order chi connectivity index (χ1) is 9.81. The molecule has 2 N–H and O–H groups in total.